The smallest absolute Gasteiger partial charge is 0.170 e. The van der Waals surface area contributed by atoms with Gasteiger partial charge < -0.3 is 19.4 Å². The monoisotopic (exact) mass is 275 g/mol. The van der Waals surface area contributed by atoms with Crippen molar-refractivity contribution >= 4 is 11.0 Å². The number of rotatable bonds is 5. The maximum absolute atomic E-state index is 5.44. The summed E-state index contributed by atoms with van der Waals surface area (Å²) in [6.45, 7) is 7.25. The lowest BCUT2D eigenvalue weighted by molar-refractivity contribution is -0.0405. The number of hydrogen-bond donors (Lipinski definition) is 1. The fourth-order valence-electron chi connectivity index (χ4n) is 2.65. The Morgan fingerprint density at radius 3 is 2.85 bits per heavy atom. The summed E-state index contributed by atoms with van der Waals surface area (Å²) in [5, 5.41) is 3.44. The zero-order chi connectivity index (χ0) is 13.9. The molecule has 20 heavy (non-hydrogen) atoms. The summed E-state index contributed by atoms with van der Waals surface area (Å²) in [5.41, 5.74) is 2.23. The highest BCUT2D eigenvalue weighted by molar-refractivity contribution is 5.76. The summed E-state index contributed by atoms with van der Waals surface area (Å²) in [7, 11) is 0. The van der Waals surface area contributed by atoms with Crippen LogP contribution in [0.1, 0.15) is 25.7 Å². The molecule has 1 aromatic heterocycles. The van der Waals surface area contributed by atoms with E-state index in [2.05, 4.69) is 41.9 Å². The van der Waals surface area contributed by atoms with Crippen LogP contribution in [0.5, 0.6) is 0 Å². The van der Waals surface area contributed by atoms with Gasteiger partial charge in [-0.1, -0.05) is 12.1 Å². The largest absolute Gasteiger partial charge is 0.349 e. The van der Waals surface area contributed by atoms with E-state index in [1.807, 2.05) is 6.07 Å². The van der Waals surface area contributed by atoms with Gasteiger partial charge in [-0.25, -0.2) is 4.98 Å². The number of fused-ring (bicyclic) bond motifs is 1. The number of ether oxygens (including phenoxy) is 2. The highest BCUT2D eigenvalue weighted by atomic mass is 16.7. The van der Waals surface area contributed by atoms with Gasteiger partial charge in [0.1, 0.15) is 5.82 Å². The van der Waals surface area contributed by atoms with Crippen LogP contribution >= 0.6 is 0 Å². The van der Waals surface area contributed by atoms with Crippen LogP contribution in [0.4, 0.5) is 0 Å². The first-order valence-corrected chi connectivity index (χ1v) is 7.21. The van der Waals surface area contributed by atoms with E-state index >= 15 is 0 Å². The van der Waals surface area contributed by atoms with Crippen LogP contribution in [-0.4, -0.2) is 35.6 Å². The number of nitrogens with zero attached hydrogens (tertiary/aromatic N) is 2. The van der Waals surface area contributed by atoms with E-state index in [0.717, 1.165) is 17.9 Å². The molecular weight excluding hydrogens is 254 g/mol. The van der Waals surface area contributed by atoms with Crippen molar-refractivity contribution in [2.24, 2.45) is 0 Å². The zero-order valence-electron chi connectivity index (χ0n) is 12.0. The first-order valence-electron chi connectivity index (χ1n) is 7.21. The molecule has 0 saturated carbocycles. The molecule has 1 aliphatic heterocycles. The van der Waals surface area contributed by atoms with Gasteiger partial charge >= 0.3 is 0 Å². The second-order valence-electron chi connectivity index (χ2n) is 5.00. The molecular formula is C15H21N3O2. The Hall–Kier alpha value is -1.43. The molecule has 0 radical (unpaired) electrons. The molecule has 1 saturated heterocycles. The number of nitrogens with one attached hydrogen (secondary N) is 1. The summed E-state index contributed by atoms with van der Waals surface area (Å²) >= 11 is 0. The minimum absolute atomic E-state index is 0.128. The molecule has 1 aliphatic rings. The minimum Gasteiger partial charge on any atom is -0.349 e. The second kappa shape index (κ2) is 5.91. The topological polar surface area (TPSA) is 48.3 Å². The van der Waals surface area contributed by atoms with E-state index < -0.39 is 0 Å². The highest BCUT2D eigenvalue weighted by Crippen LogP contribution is 2.20. The van der Waals surface area contributed by atoms with E-state index in [9.17, 15) is 0 Å². The second-order valence-corrected chi connectivity index (χ2v) is 5.00. The summed E-state index contributed by atoms with van der Waals surface area (Å²) in [6, 6.07) is 8.41. The summed E-state index contributed by atoms with van der Waals surface area (Å²) < 4.78 is 13.1. The van der Waals surface area contributed by atoms with Gasteiger partial charge in [-0.2, -0.15) is 0 Å². The van der Waals surface area contributed by atoms with Gasteiger partial charge in [0.25, 0.3) is 0 Å². The molecule has 5 heteroatoms. The van der Waals surface area contributed by atoms with Crippen LogP contribution in [0, 0.1) is 0 Å². The van der Waals surface area contributed by atoms with Crippen LogP contribution in [0.3, 0.4) is 0 Å². The molecule has 1 unspecified atom stereocenters. The Morgan fingerprint density at radius 2 is 2.10 bits per heavy atom. The number of aromatic nitrogens is 2. The fourth-order valence-corrected chi connectivity index (χ4v) is 2.65. The normalized spacial score (nSPS) is 17.9. The summed E-state index contributed by atoms with van der Waals surface area (Å²) in [5.74, 6) is 1.06. The van der Waals surface area contributed by atoms with E-state index in [-0.39, 0.29) is 12.3 Å². The lowest BCUT2D eigenvalue weighted by Crippen LogP contribution is -2.31. The van der Waals surface area contributed by atoms with Gasteiger partial charge in [0, 0.05) is 13.1 Å². The van der Waals surface area contributed by atoms with Crippen LogP contribution < -0.4 is 5.32 Å². The van der Waals surface area contributed by atoms with Gasteiger partial charge in [0.15, 0.2) is 6.29 Å². The molecule has 1 atom stereocenters. The molecule has 0 aliphatic carbocycles. The molecule has 2 aromatic rings. The summed E-state index contributed by atoms with van der Waals surface area (Å²) in [6.07, 6.45) is -0.128. The number of benzene rings is 1. The third-order valence-corrected chi connectivity index (χ3v) is 3.67. The Bertz CT molecular complexity index is 576. The Labute approximate surface area is 118 Å². The molecule has 1 N–H and O–H groups in total. The molecule has 0 spiro atoms. The predicted molar refractivity (Wildman–Crippen MR) is 77.5 cm³/mol. The van der Waals surface area contributed by atoms with Crippen LogP contribution in [-0.2, 0) is 16.0 Å². The van der Waals surface area contributed by atoms with Gasteiger partial charge in [0.05, 0.1) is 30.3 Å². The van der Waals surface area contributed by atoms with Crippen molar-refractivity contribution < 1.29 is 9.47 Å². The molecule has 2 heterocycles. The van der Waals surface area contributed by atoms with Crippen molar-refractivity contribution in [1.82, 2.24) is 14.9 Å². The van der Waals surface area contributed by atoms with E-state index in [1.165, 1.54) is 5.52 Å². The lowest BCUT2D eigenvalue weighted by atomic mass is 10.3. The summed E-state index contributed by atoms with van der Waals surface area (Å²) in [4.78, 5) is 4.75. The molecule has 1 aromatic carbocycles. The molecule has 0 bridgehead atoms. The van der Waals surface area contributed by atoms with Gasteiger partial charge in [-0.15, -0.1) is 0 Å². The van der Waals surface area contributed by atoms with Gasteiger partial charge in [0.2, 0.25) is 0 Å². The lowest BCUT2D eigenvalue weighted by Gasteiger charge is -2.17. The van der Waals surface area contributed by atoms with Crippen molar-refractivity contribution in [1.29, 1.82) is 0 Å². The average Bonchev–Trinajstić information content (AvgIpc) is 3.11. The number of para-hydroxylation sites is 2. The van der Waals surface area contributed by atoms with Crippen molar-refractivity contribution in [3.8, 4) is 0 Å². The third-order valence-electron chi connectivity index (χ3n) is 3.67. The molecule has 1 fully saturated rings. The van der Waals surface area contributed by atoms with Crippen LogP contribution in [0.25, 0.3) is 11.0 Å². The SMILES string of the molecule is CCn1c(C(C)NCC2OCCO2)nc2ccccc21. The van der Waals surface area contributed by atoms with Crippen molar-refractivity contribution in [3.63, 3.8) is 0 Å². The van der Waals surface area contributed by atoms with Gasteiger partial charge in [-0.3, -0.25) is 0 Å². The maximum Gasteiger partial charge on any atom is 0.170 e. The van der Waals surface area contributed by atoms with Crippen molar-refractivity contribution in [3.05, 3.63) is 30.1 Å². The maximum atomic E-state index is 5.44. The van der Waals surface area contributed by atoms with Crippen LogP contribution in [0.15, 0.2) is 24.3 Å². The van der Waals surface area contributed by atoms with Crippen LogP contribution in [0.2, 0.25) is 0 Å². The fraction of sp³-hybridized carbons (Fsp3) is 0.533. The zero-order valence-corrected chi connectivity index (χ0v) is 12.0. The Kier molecular flexibility index (Phi) is 4.00. The Morgan fingerprint density at radius 1 is 1.35 bits per heavy atom. The first kappa shape index (κ1) is 13.5. The Balaban J connectivity index is 1.77. The predicted octanol–water partition coefficient (Wildman–Crippen LogP) is 2.08. The minimum atomic E-state index is -0.128. The van der Waals surface area contributed by atoms with Crippen molar-refractivity contribution in [2.75, 3.05) is 19.8 Å². The first-order chi connectivity index (χ1) is 9.79. The standard InChI is InChI=1S/C15H21N3O2/c1-3-18-13-7-5-4-6-12(13)17-15(18)11(2)16-10-14-19-8-9-20-14/h4-7,11,14,16H,3,8-10H2,1-2H3. The third kappa shape index (κ3) is 2.57. The quantitative estimate of drug-likeness (QED) is 0.907. The highest BCUT2D eigenvalue weighted by Gasteiger charge is 2.19. The molecule has 5 nitrogen and oxygen atoms in total. The number of aryl methyl sites for hydroxylation is 1. The van der Waals surface area contributed by atoms with Gasteiger partial charge in [-0.05, 0) is 26.0 Å². The van der Waals surface area contributed by atoms with E-state index in [4.69, 9.17) is 14.5 Å². The van der Waals surface area contributed by atoms with E-state index in [0.29, 0.717) is 19.8 Å². The average molecular weight is 275 g/mol. The molecule has 108 valence electrons. The van der Waals surface area contributed by atoms with E-state index in [1.54, 1.807) is 0 Å². The number of imidazole rings is 1. The molecule has 0 amide bonds. The molecule has 3 rings (SSSR count). The van der Waals surface area contributed by atoms with Crippen molar-refractivity contribution in [2.45, 2.75) is 32.7 Å². The number of hydrogen-bond acceptors (Lipinski definition) is 4.